The van der Waals surface area contributed by atoms with Crippen molar-refractivity contribution in [1.29, 1.82) is 0 Å². The van der Waals surface area contributed by atoms with Crippen molar-refractivity contribution >= 4 is 5.82 Å². The van der Waals surface area contributed by atoms with Crippen LogP contribution >= 0.6 is 0 Å². The summed E-state index contributed by atoms with van der Waals surface area (Å²) in [5.41, 5.74) is 0.568. The minimum absolute atomic E-state index is 0.568. The first-order valence-electron chi connectivity index (χ1n) is 8.15. The van der Waals surface area contributed by atoms with Gasteiger partial charge in [-0.15, -0.1) is 0 Å². The monoisotopic (exact) mass is 273 g/mol. The molecule has 3 heteroatoms. The summed E-state index contributed by atoms with van der Waals surface area (Å²) in [4.78, 5) is 6.87. The molecule has 0 aromatic carbocycles. The van der Waals surface area contributed by atoms with Crippen LogP contribution in [0.25, 0.3) is 0 Å². The lowest BCUT2D eigenvalue weighted by atomic mass is 9.88. The van der Waals surface area contributed by atoms with Gasteiger partial charge in [-0.2, -0.15) is 0 Å². The lowest BCUT2D eigenvalue weighted by molar-refractivity contribution is 0.282. The van der Waals surface area contributed by atoms with Crippen LogP contribution in [0.2, 0.25) is 0 Å². The highest BCUT2D eigenvalue weighted by Crippen LogP contribution is 2.37. The van der Waals surface area contributed by atoms with Crippen LogP contribution in [0, 0.1) is 5.41 Å². The molecule has 1 saturated carbocycles. The summed E-state index contributed by atoms with van der Waals surface area (Å²) in [5.74, 6) is 1.13. The molecule has 0 spiro atoms. The molecule has 1 aromatic heterocycles. The molecule has 2 fully saturated rings. The maximum atomic E-state index is 4.45. The van der Waals surface area contributed by atoms with Crippen LogP contribution in [0.1, 0.15) is 45.4 Å². The molecule has 2 heterocycles. The zero-order valence-corrected chi connectivity index (χ0v) is 12.6. The van der Waals surface area contributed by atoms with Crippen molar-refractivity contribution in [2.75, 3.05) is 24.5 Å². The summed E-state index contributed by atoms with van der Waals surface area (Å²) < 4.78 is 0. The molecule has 2 aliphatic rings. The first-order chi connectivity index (χ1) is 9.75. The van der Waals surface area contributed by atoms with Crippen molar-refractivity contribution in [3.8, 4) is 0 Å². The first kappa shape index (κ1) is 13.9. The lowest BCUT2D eigenvalue weighted by Crippen LogP contribution is -2.45. The Bertz CT molecular complexity index is 404. The van der Waals surface area contributed by atoms with Crippen molar-refractivity contribution in [1.82, 2.24) is 10.3 Å². The number of nitrogens with zero attached hydrogens (tertiary/aromatic N) is 2. The molecular formula is C17H27N3. The predicted octanol–water partition coefficient (Wildman–Crippen LogP) is 3.22. The van der Waals surface area contributed by atoms with Crippen molar-refractivity contribution < 1.29 is 0 Å². The minimum atomic E-state index is 0.568. The van der Waals surface area contributed by atoms with E-state index in [1.165, 1.54) is 45.1 Å². The van der Waals surface area contributed by atoms with E-state index in [4.69, 9.17) is 0 Å². The lowest BCUT2D eigenvalue weighted by Gasteiger charge is -2.35. The van der Waals surface area contributed by atoms with Gasteiger partial charge < -0.3 is 10.2 Å². The Hall–Kier alpha value is -1.09. The van der Waals surface area contributed by atoms with Crippen molar-refractivity contribution in [2.24, 2.45) is 5.41 Å². The zero-order valence-electron chi connectivity index (χ0n) is 12.6. The van der Waals surface area contributed by atoms with E-state index in [0.717, 1.165) is 18.9 Å². The van der Waals surface area contributed by atoms with E-state index < -0.39 is 0 Å². The molecule has 3 nitrogen and oxygen atoms in total. The average Bonchev–Trinajstić information content (AvgIpc) is 2.94. The first-order valence-corrected chi connectivity index (χ1v) is 8.15. The average molecular weight is 273 g/mol. The zero-order chi connectivity index (χ0) is 13.8. The third kappa shape index (κ3) is 3.32. The summed E-state index contributed by atoms with van der Waals surface area (Å²) in [7, 11) is 0. The van der Waals surface area contributed by atoms with Crippen LogP contribution in [-0.2, 0) is 0 Å². The van der Waals surface area contributed by atoms with Gasteiger partial charge in [0.2, 0.25) is 0 Å². The van der Waals surface area contributed by atoms with Crippen LogP contribution in [0.3, 0.4) is 0 Å². The number of hydrogen-bond acceptors (Lipinski definition) is 3. The minimum Gasteiger partial charge on any atom is -0.357 e. The number of hydrogen-bond donors (Lipinski definition) is 1. The molecule has 1 aliphatic carbocycles. The van der Waals surface area contributed by atoms with Gasteiger partial charge >= 0.3 is 0 Å². The molecule has 1 aromatic rings. The standard InChI is InChI=1S/C17H27N3/c1-17(9-3-4-10-17)14-19-15-7-12-20(13-8-15)16-6-2-5-11-18-16/h2,5-6,11,15,19H,3-4,7-10,12-14H2,1H3. The third-order valence-corrected chi connectivity index (χ3v) is 5.10. The molecule has 0 radical (unpaired) electrons. The highest BCUT2D eigenvalue weighted by atomic mass is 15.2. The van der Waals surface area contributed by atoms with Crippen LogP contribution < -0.4 is 10.2 Å². The van der Waals surface area contributed by atoms with Crippen molar-refractivity contribution in [3.63, 3.8) is 0 Å². The maximum absolute atomic E-state index is 4.45. The molecular weight excluding hydrogens is 246 g/mol. The van der Waals surface area contributed by atoms with Crippen molar-refractivity contribution in [3.05, 3.63) is 24.4 Å². The summed E-state index contributed by atoms with van der Waals surface area (Å²) in [6.45, 7) is 5.92. The Balaban J connectivity index is 1.44. The molecule has 0 amide bonds. The molecule has 20 heavy (non-hydrogen) atoms. The van der Waals surface area contributed by atoms with Gasteiger partial charge in [0, 0.05) is 31.9 Å². The summed E-state index contributed by atoms with van der Waals surface area (Å²) in [6, 6.07) is 6.88. The van der Waals surface area contributed by atoms with E-state index in [-0.39, 0.29) is 0 Å². The molecule has 3 rings (SSSR count). The molecule has 110 valence electrons. The van der Waals surface area contributed by atoms with E-state index in [9.17, 15) is 0 Å². The van der Waals surface area contributed by atoms with Crippen molar-refractivity contribution in [2.45, 2.75) is 51.5 Å². The fourth-order valence-corrected chi connectivity index (χ4v) is 3.65. The quantitative estimate of drug-likeness (QED) is 0.913. The summed E-state index contributed by atoms with van der Waals surface area (Å²) in [6.07, 6.45) is 10.0. The second-order valence-corrected chi connectivity index (χ2v) is 6.85. The largest absolute Gasteiger partial charge is 0.357 e. The van der Waals surface area contributed by atoms with E-state index in [1.54, 1.807) is 0 Å². The smallest absolute Gasteiger partial charge is 0.128 e. The Morgan fingerprint density at radius 2 is 2.00 bits per heavy atom. The van der Waals surface area contributed by atoms with Gasteiger partial charge in [0.05, 0.1) is 0 Å². The summed E-state index contributed by atoms with van der Waals surface area (Å²) in [5, 5.41) is 3.83. The molecule has 0 unspecified atom stereocenters. The molecule has 0 atom stereocenters. The number of rotatable bonds is 4. The second-order valence-electron chi connectivity index (χ2n) is 6.85. The number of piperidine rings is 1. The van der Waals surface area contributed by atoms with E-state index in [0.29, 0.717) is 11.5 Å². The van der Waals surface area contributed by atoms with Crippen LogP contribution in [0.4, 0.5) is 5.82 Å². The van der Waals surface area contributed by atoms with Gasteiger partial charge in [-0.1, -0.05) is 25.8 Å². The highest BCUT2D eigenvalue weighted by molar-refractivity contribution is 5.38. The summed E-state index contributed by atoms with van der Waals surface area (Å²) >= 11 is 0. The van der Waals surface area contributed by atoms with Gasteiger partial charge in [-0.05, 0) is 43.2 Å². The Kier molecular flexibility index (Phi) is 4.25. The SMILES string of the molecule is CC1(CNC2CCN(c3ccccn3)CC2)CCCC1. The molecule has 1 N–H and O–H groups in total. The number of pyridine rings is 1. The van der Waals surface area contributed by atoms with E-state index in [2.05, 4.69) is 34.3 Å². The van der Waals surface area contributed by atoms with Crippen LogP contribution in [-0.4, -0.2) is 30.7 Å². The fraction of sp³-hybridized carbons (Fsp3) is 0.706. The molecule has 1 saturated heterocycles. The Morgan fingerprint density at radius 1 is 1.25 bits per heavy atom. The topological polar surface area (TPSA) is 28.2 Å². The Morgan fingerprint density at radius 3 is 2.65 bits per heavy atom. The predicted molar refractivity (Wildman–Crippen MR) is 84.0 cm³/mol. The number of anilines is 1. The van der Waals surface area contributed by atoms with Gasteiger partial charge in [0.25, 0.3) is 0 Å². The maximum Gasteiger partial charge on any atom is 0.128 e. The molecule has 0 bridgehead atoms. The number of nitrogens with one attached hydrogen (secondary N) is 1. The highest BCUT2D eigenvalue weighted by Gasteiger charge is 2.29. The van der Waals surface area contributed by atoms with E-state index >= 15 is 0 Å². The van der Waals surface area contributed by atoms with Crippen LogP contribution in [0.15, 0.2) is 24.4 Å². The van der Waals surface area contributed by atoms with Gasteiger partial charge in [-0.25, -0.2) is 4.98 Å². The molecule has 1 aliphatic heterocycles. The van der Waals surface area contributed by atoms with E-state index in [1.807, 2.05) is 12.3 Å². The second kappa shape index (κ2) is 6.13. The number of aromatic nitrogens is 1. The third-order valence-electron chi connectivity index (χ3n) is 5.10. The fourth-order valence-electron chi connectivity index (χ4n) is 3.65. The normalized spacial score (nSPS) is 23.1. The van der Waals surface area contributed by atoms with Crippen LogP contribution in [0.5, 0.6) is 0 Å². The Labute approximate surface area is 122 Å². The van der Waals surface area contributed by atoms with Gasteiger partial charge in [0.15, 0.2) is 0 Å². The van der Waals surface area contributed by atoms with Gasteiger partial charge in [-0.3, -0.25) is 0 Å². The van der Waals surface area contributed by atoms with Gasteiger partial charge in [0.1, 0.15) is 5.82 Å².